The van der Waals surface area contributed by atoms with Crippen molar-refractivity contribution in [1.82, 2.24) is 5.32 Å². The molecule has 5 heteroatoms. The van der Waals surface area contributed by atoms with Gasteiger partial charge in [-0.05, 0) is 37.1 Å². The lowest BCUT2D eigenvalue weighted by Crippen LogP contribution is -2.26. The van der Waals surface area contributed by atoms with Crippen molar-refractivity contribution in [2.24, 2.45) is 0 Å². The van der Waals surface area contributed by atoms with E-state index in [2.05, 4.69) is 5.32 Å². The first-order valence-corrected chi connectivity index (χ1v) is 6.32. The van der Waals surface area contributed by atoms with Crippen molar-refractivity contribution in [1.29, 1.82) is 5.26 Å². The third kappa shape index (κ3) is 3.29. The molecule has 1 N–H and O–H groups in total. The molecule has 5 nitrogen and oxygen atoms in total. The van der Waals surface area contributed by atoms with Gasteiger partial charge in [0, 0.05) is 11.6 Å². The molecular weight excluding hydrogens is 256 g/mol. The lowest BCUT2D eigenvalue weighted by molar-refractivity contribution is -0.117. The van der Waals surface area contributed by atoms with Gasteiger partial charge in [-0.15, -0.1) is 0 Å². The van der Waals surface area contributed by atoms with Gasteiger partial charge in [0.25, 0.3) is 5.91 Å². The van der Waals surface area contributed by atoms with E-state index < -0.39 is 0 Å². The Morgan fingerprint density at radius 1 is 1.40 bits per heavy atom. The van der Waals surface area contributed by atoms with Gasteiger partial charge >= 0.3 is 0 Å². The summed E-state index contributed by atoms with van der Waals surface area (Å²) in [5, 5.41) is 11.9. The molecule has 0 atom stereocenters. The van der Waals surface area contributed by atoms with E-state index in [4.69, 9.17) is 14.7 Å². The Labute approximate surface area is 117 Å². The number of amides is 1. The fourth-order valence-electron chi connectivity index (χ4n) is 1.75. The van der Waals surface area contributed by atoms with Gasteiger partial charge < -0.3 is 14.8 Å². The number of nitrogens with one attached hydrogen (secondary N) is 1. The zero-order valence-corrected chi connectivity index (χ0v) is 11.5. The Hall–Kier alpha value is -2.48. The monoisotopic (exact) mass is 272 g/mol. The van der Waals surface area contributed by atoms with E-state index in [1.807, 2.05) is 6.07 Å². The highest BCUT2D eigenvalue weighted by molar-refractivity contribution is 6.02. The predicted octanol–water partition coefficient (Wildman–Crippen LogP) is 1.89. The number of carbonyl (C=O) groups excluding carboxylic acids is 1. The summed E-state index contributed by atoms with van der Waals surface area (Å²) in [5.74, 6) is 0.870. The van der Waals surface area contributed by atoms with Crippen LogP contribution in [-0.4, -0.2) is 26.2 Å². The number of methoxy groups -OCH3 is 2. The van der Waals surface area contributed by atoms with Gasteiger partial charge in [-0.25, -0.2) is 0 Å². The van der Waals surface area contributed by atoms with Gasteiger partial charge in [0.15, 0.2) is 0 Å². The second-order valence-electron chi connectivity index (χ2n) is 4.53. The first-order chi connectivity index (χ1) is 9.67. The largest absolute Gasteiger partial charge is 0.497 e. The van der Waals surface area contributed by atoms with Crippen LogP contribution in [-0.2, 0) is 4.79 Å². The summed E-state index contributed by atoms with van der Waals surface area (Å²) in [5.41, 5.74) is 0.692. The first kappa shape index (κ1) is 13.9. The summed E-state index contributed by atoms with van der Waals surface area (Å²) in [6.07, 6.45) is 3.47. The van der Waals surface area contributed by atoms with E-state index in [0.717, 1.165) is 12.8 Å². The number of benzene rings is 1. The second-order valence-corrected chi connectivity index (χ2v) is 4.53. The van der Waals surface area contributed by atoms with Crippen molar-refractivity contribution in [3.05, 3.63) is 29.3 Å². The zero-order chi connectivity index (χ0) is 14.5. The van der Waals surface area contributed by atoms with Crippen LogP contribution in [0.15, 0.2) is 23.8 Å². The van der Waals surface area contributed by atoms with Gasteiger partial charge in [-0.3, -0.25) is 4.79 Å². The van der Waals surface area contributed by atoms with Gasteiger partial charge in [-0.2, -0.15) is 5.26 Å². The van der Waals surface area contributed by atoms with Crippen LogP contribution in [0.1, 0.15) is 18.4 Å². The molecular formula is C15H16N2O3. The molecule has 0 radical (unpaired) electrons. The molecule has 0 bridgehead atoms. The topological polar surface area (TPSA) is 71.3 Å². The normalized spacial score (nSPS) is 14.3. The van der Waals surface area contributed by atoms with Crippen LogP contribution in [0, 0.1) is 11.3 Å². The highest BCUT2D eigenvalue weighted by Crippen LogP contribution is 2.26. The predicted molar refractivity (Wildman–Crippen MR) is 74.3 cm³/mol. The third-order valence-corrected chi connectivity index (χ3v) is 3.01. The Kier molecular flexibility index (Phi) is 4.26. The number of rotatable bonds is 5. The number of nitrogens with zero attached hydrogens (tertiary/aromatic N) is 1. The Morgan fingerprint density at radius 3 is 2.70 bits per heavy atom. The molecule has 1 fully saturated rings. The second kappa shape index (κ2) is 6.11. The van der Waals surface area contributed by atoms with Crippen molar-refractivity contribution >= 4 is 12.0 Å². The van der Waals surface area contributed by atoms with Crippen LogP contribution in [0.5, 0.6) is 11.5 Å². The summed E-state index contributed by atoms with van der Waals surface area (Å²) in [6, 6.07) is 7.35. The lowest BCUT2D eigenvalue weighted by atomic mass is 10.1. The Bertz CT molecular complexity index is 583. The fourth-order valence-corrected chi connectivity index (χ4v) is 1.75. The smallest absolute Gasteiger partial charge is 0.262 e. The standard InChI is InChI=1S/C15H16N2O3/c1-19-13-5-6-14(20-2)10(8-13)7-11(9-16)15(18)17-12-3-4-12/h5-8,12H,3-4H2,1-2H3,(H,17,18)/b11-7+. The van der Waals surface area contributed by atoms with Crippen LogP contribution in [0.25, 0.3) is 6.08 Å². The molecule has 0 saturated heterocycles. The summed E-state index contributed by atoms with van der Waals surface area (Å²) in [6.45, 7) is 0. The van der Waals surface area contributed by atoms with Crippen molar-refractivity contribution in [2.75, 3.05) is 14.2 Å². The van der Waals surface area contributed by atoms with Crippen molar-refractivity contribution in [3.8, 4) is 17.6 Å². The quantitative estimate of drug-likeness (QED) is 0.656. The first-order valence-electron chi connectivity index (χ1n) is 6.32. The summed E-state index contributed by atoms with van der Waals surface area (Å²) in [7, 11) is 3.09. The van der Waals surface area contributed by atoms with Crippen LogP contribution in [0.3, 0.4) is 0 Å². The maximum atomic E-state index is 11.9. The summed E-state index contributed by atoms with van der Waals surface area (Å²) in [4.78, 5) is 11.9. The number of ether oxygens (including phenoxy) is 2. The van der Waals surface area contributed by atoms with Gasteiger partial charge in [-0.1, -0.05) is 0 Å². The average molecular weight is 272 g/mol. The molecule has 1 aliphatic carbocycles. The third-order valence-electron chi connectivity index (χ3n) is 3.01. The van der Waals surface area contributed by atoms with Crippen LogP contribution >= 0.6 is 0 Å². The molecule has 1 aromatic carbocycles. The highest BCUT2D eigenvalue weighted by atomic mass is 16.5. The number of hydrogen-bond donors (Lipinski definition) is 1. The van der Waals surface area contributed by atoms with Gasteiger partial charge in [0.2, 0.25) is 0 Å². The minimum Gasteiger partial charge on any atom is -0.497 e. The maximum absolute atomic E-state index is 11.9. The molecule has 0 heterocycles. The van der Waals surface area contributed by atoms with E-state index in [-0.39, 0.29) is 17.5 Å². The van der Waals surface area contributed by atoms with Gasteiger partial charge in [0.05, 0.1) is 14.2 Å². The van der Waals surface area contributed by atoms with E-state index in [1.165, 1.54) is 13.2 Å². The van der Waals surface area contributed by atoms with Gasteiger partial charge in [0.1, 0.15) is 23.1 Å². The van der Waals surface area contributed by atoms with E-state index in [0.29, 0.717) is 17.1 Å². The molecule has 20 heavy (non-hydrogen) atoms. The molecule has 1 aromatic rings. The molecule has 104 valence electrons. The number of hydrogen-bond acceptors (Lipinski definition) is 4. The zero-order valence-electron chi connectivity index (χ0n) is 11.5. The molecule has 1 saturated carbocycles. The minimum absolute atomic E-state index is 0.0588. The number of carbonyl (C=O) groups is 1. The van der Waals surface area contributed by atoms with Crippen molar-refractivity contribution in [2.45, 2.75) is 18.9 Å². The molecule has 1 amide bonds. The fraction of sp³-hybridized carbons (Fsp3) is 0.333. The Morgan fingerprint density at radius 2 is 2.15 bits per heavy atom. The minimum atomic E-state index is -0.347. The van der Waals surface area contributed by atoms with E-state index in [9.17, 15) is 4.79 Å². The molecule has 0 aromatic heterocycles. The van der Waals surface area contributed by atoms with Crippen LogP contribution in [0.4, 0.5) is 0 Å². The summed E-state index contributed by atoms with van der Waals surface area (Å²) < 4.78 is 10.4. The van der Waals surface area contributed by atoms with Crippen molar-refractivity contribution in [3.63, 3.8) is 0 Å². The van der Waals surface area contributed by atoms with E-state index in [1.54, 1.807) is 25.3 Å². The summed E-state index contributed by atoms with van der Waals surface area (Å²) >= 11 is 0. The highest BCUT2D eigenvalue weighted by Gasteiger charge is 2.24. The SMILES string of the molecule is COc1ccc(OC)c(/C=C(\C#N)C(=O)NC2CC2)c1. The number of nitriles is 1. The molecule has 0 aliphatic heterocycles. The van der Waals surface area contributed by atoms with E-state index >= 15 is 0 Å². The Balaban J connectivity index is 2.30. The average Bonchev–Trinajstić information content (AvgIpc) is 3.28. The molecule has 0 spiro atoms. The maximum Gasteiger partial charge on any atom is 0.262 e. The van der Waals surface area contributed by atoms with Crippen molar-refractivity contribution < 1.29 is 14.3 Å². The lowest BCUT2D eigenvalue weighted by Gasteiger charge is -2.08. The van der Waals surface area contributed by atoms with Crippen LogP contribution < -0.4 is 14.8 Å². The molecule has 0 unspecified atom stereocenters. The van der Waals surface area contributed by atoms with Crippen LogP contribution in [0.2, 0.25) is 0 Å². The molecule has 1 aliphatic rings. The molecule has 2 rings (SSSR count).